The topological polar surface area (TPSA) is 38.5 Å². The minimum atomic E-state index is 0.651. The molecular weight excluding hydrogens is 366 g/mol. The molecule has 0 radical (unpaired) electrons. The molecular formula is C15H22ClN5OS2. The predicted octanol–water partition coefficient (Wildman–Crippen LogP) is 3.07. The summed E-state index contributed by atoms with van der Waals surface area (Å²) in [5.41, 5.74) is 0. The van der Waals surface area contributed by atoms with E-state index >= 15 is 0 Å². The summed E-state index contributed by atoms with van der Waals surface area (Å²) < 4.78 is 11.0. The van der Waals surface area contributed by atoms with Crippen LogP contribution in [0.25, 0.3) is 0 Å². The van der Waals surface area contributed by atoms with Gasteiger partial charge in [-0.2, -0.15) is 0 Å². The van der Waals surface area contributed by atoms with Gasteiger partial charge in [0.1, 0.15) is 0 Å². The van der Waals surface area contributed by atoms with Gasteiger partial charge in [-0.1, -0.05) is 11.6 Å². The Bertz CT molecular complexity index is 735. The highest BCUT2D eigenvalue weighted by Gasteiger charge is 2.19. The Labute approximate surface area is 156 Å². The van der Waals surface area contributed by atoms with Crippen LogP contribution >= 0.6 is 35.2 Å². The molecule has 0 N–H and O–H groups in total. The highest BCUT2D eigenvalue weighted by Crippen LogP contribution is 2.22. The zero-order valence-corrected chi connectivity index (χ0v) is 16.3. The van der Waals surface area contributed by atoms with E-state index in [0.717, 1.165) is 54.4 Å². The number of halogens is 1. The largest absolute Gasteiger partial charge is 0.378 e. The average Bonchev–Trinajstić information content (AvgIpc) is 3.12. The third-order valence-electron chi connectivity index (χ3n) is 3.94. The van der Waals surface area contributed by atoms with Crippen LogP contribution in [0, 0.1) is 4.77 Å². The van der Waals surface area contributed by atoms with Gasteiger partial charge in [-0.15, -0.1) is 16.4 Å². The molecule has 0 aliphatic carbocycles. The van der Waals surface area contributed by atoms with Crippen molar-refractivity contribution in [3.63, 3.8) is 0 Å². The maximum atomic E-state index is 6.00. The Balaban J connectivity index is 1.75. The molecule has 6 nitrogen and oxygen atoms in total. The second-order valence-corrected chi connectivity index (χ2v) is 7.95. The number of aromatic nitrogens is 3. The van der Waals surface area contributed by atoms with E-state index in [9.17, 15) is 0 Å². The average molecular weight is 388 g/mol. The lowest BCUT2D eigenvalue weighted by molar-refractivity contribution is 0.121. The van der Waals surface area contributed by atoms with Gasteiger partial charge in [0.05, 0.1) is 24.2 Å². The molecule has 1 fully saturated rings. The van der Waals surface area contributed by atoms with Crippen molar-refractivity contribution in [1.29, 1.82) is 0 Å². The van der Waals surface area contributed by atoms with Crippen LogP contribution < -0.4 is 4.90 Å². The molecule has 0 amide bonds. The highest BCUT2D eigenvalue weighted by molar-refractivity contribution is 7.71. The van der Waals surface area contributed by atoms with E-state index in [4.69, 9.17) is 33.7 Å². The van der Waals surface area contributed by atoms with Crippen molar-refractivity contribution >= 4 is 41.1 Å². The first kappa shape index (κ1) is 17.9. The lowest BCUT2D eigenvalue weighted by Gasteiger charge is -2.27. The number of hydrogen-bond donors (Lipinski definition) is 0. The van der Waals surface area contributed by atoms with Crippen molar-refractivity contribution in [3.05, 3.63) is 26.1 Å². The smallest absolute Gasteiger partial charge is 0.226 e. The number of thiophene rings is 1. The minimum Gasteiger partial charge on any atom is -0.378 e. The van der Waals surface area contributed by atoms with Crippen LogP contribution in [-0.2, 0) is 24.5 Å². The van der Waals surface area contributed by atoms with Crippen LogP contribution in [0.2, 0.25) is 4.34 Å². The molecule has 9 heteroatoms. The Morgan fingerprint density at radius 1 is 1.38 bits per heavy atom. The van der Waals surface area contributed by atoms with Gasteiger partial charge in [0, 0.05) is 31.1 Å². The summed E-state index contributed by atoms with van der Waals surface area (Å²) in [6.07, 6.45) is 0. The summed E-state index contributed by atoms with van der Waals surface area (Å²) in [6.45, 7) is 7.58. The SMILES string of the molecule is CCn1c(N2CCOCC2)nn(CN(C)Cc2ccc(Cl)s2)c1=S. The lowest BCUT2D eigenvalue weighted by atomic mass is 10.4. The molecule has 1 aliphatic rings. The van der Waals surface area contributed by atoms with Crippen molar-refractivity contribution < 1.29 is 4.74 Å². The molecule has 2 aromatic rings. The quantitative estimate of drug-likeness (QED) is 0.712. The Hall–Kier alpha value is -0.930. The first-order chi connectivity index (χ1) is 11.6. The van der Waals surface area contributed by atoms with Crippen LogP contribution in [0.15, 0.2) is 12.1 Å². The maximum absolute atomic E-state index is 6.00. The molecule has 3 rings (SSSR count). The van der Waals surface area contributed by atoms with Crippen LogP contribution in [-0.4, -0.2) is 52.6 Å². The fourth-order valence-corrected chi connectivity index (χ4v) is 4.25. The molecule has 0 aromatic carbocycles. The Morgan fingerprint density at radius 2 is 2.12 bits per heavy atom. The number of rotatable bonds is 6. The maximum Gasteiger partial charge on any atom is 0.226 e. The standard InChI is InChI=1S/C15H22ClN5OS2/c1-3-20-14(19-6-8-22-9-7-19)17-21(15(20)23)11-18(2)10-12-4-5-13(16)24-12/h4-5H,3,6-11H2,1-2H3. The first-order valence-electron chi connectivity index (χ1n) is 8.01. The van der Waals surface area contributed by atoms with Gasteiger partial charge in [-0.3, -0.25) is 9.47 Å². The Kier molecular flexibility index (Phi) is 5.93. The fraction of sp³-hybridized carbons (Fsp3) is 0.600. The summed E-state index contributed by atoms with van der Waals surface area (Å²) in [5, 5.41) is 4.77. The molecule has 0 bridgehead atoms. The van der Waals surface area contributed by atoms with Crippen LogP contribution in [0.3, 0.4) is 0 Å². The predicted molar refractivity (Wildman–Crippen MR) is 101 cm³/mol. The van der Waals surface area contributed by atoms with Gasteiger partial charge in [0.2, 0.25) is 10.7 Å². The fourth-order valence-electron chi connectivity index (χ4n) is 2.78. The lowest BCUT2D eigenvalue weighted by Crippen LogP contribution is -2.38. The molecule has 0 atom stereocenters. The molecule has 1 aliphatic heterocycles. The normalized spacial score (nSPS) is 15.4. The van der Waals surface area contributed by atoms with Crippen molar-refractivity contribution in [1.82, 2.24) is 19.2 Å². The van der Waals surface area contributed by atoms with Crippen LogP contribution in [0.1, 0.15) is 11.8 Å². The molecule has 24 heavy (non-hydrogen) atoms. The van der Waals surface area contributed by atoms with Crippen molar-refractivity contribution in [2.75, 3.05) is 38.3 Å². The molecule has 132 valence electrons. The van der Waals surface area contributed by atoms with E-state index in [1.807, 2.05) is 10.7 Å². The molecule has 3 heterocycles. The molecule has 0 saturated carbocycles. The van der Waals surface area contributed by atoms with E-state index in [-0.39, 0.29) is 0 Å². The summed E-state index contributed by atoms with van der Waals surface area (Å²) in [6, 6.07) is 4.00. The molecule has 0 spiro atoms. The zero-order chi connectivity index (χ0) is 17.1. The first-order valence-corrected chi connectivity index (χ1v) is 9.62. The zero-order valence-electron chi connectivity index (χ0n) is 13.9. The monoisotopic (exact) mass is 387 g/mol. The highest BCUT2D eigenvalue weighted by atomic mass is 35.5. The summed E-state index contributed by atoms with van der Waals surface area (Å²) in [7, 11) is 2.06. The summed E-state index contributed by atoms with van der Waals surface area (Å²) in [5.74, 6) is 0.943. The van der Waals surface area contributed by atoms with Crippen molar-refractivity contribution in [3.8, 4) is 0 Å². The number of anilines is 1. The molecule has 0 unspecified atom stereocenters. The second-order valence-electron chi connectivity index (χ2n) is 5.79. The molecule has 2 aromatic heterocycles. The van der Waals surface area contributed by atoms with Crippen molar-refractivity contribution in [2.45, 2.75) is 26.7 Å². The number of nitrogens with zero attached hydrogens (tertiary/aromatic N) is 5. The van der Waals surface area contributed by atoms with Gasteiger partial charge < -0.3 is 9.64 Å². The summed E-state index contributed by atoms with van der Waals surface area (Å²) in [4.78, 5) is 5.67. The van der Waals surface area contributed by atoms with E-state index < -0.39 is 0 Å². The summed E-state index contributed by atoms with van der Waals surface area (Å²) >= 11 is 13.2. The van der Waals surface area contributed by atoms with E-state index in [2.05, 4.69) is 34.4 Å². The Morgan fingerprint density at radius 3 is 2.75 bits per heavy atom. The second kappa shape index (κ2) is 7.97. The number of ether oxygens (including phenoxy) is 1. The van der Waals surface area contributed by atoms with Crippen molar-refractivity contribution in [2.24, 2.45) is 0 Å². The van der Waals surface area contributed by atoms with E-state index in [0.29, 0.717) is 6.67 Å². The van der Waals surface area contributed by atoms with Crippen LogP contribution in [0.5, 0.6) is 0 Å². The van der Waals surface area contributed by atoms with Crippen LogP contribution in [0.4, 0.5) is 5.95 Å². The third kappa shape index (κ3) is 4.00. The van der Waals surface area contributed by atoms with Gasteiger partial charge in [-0.25, -0.2) is 4.68 Å². The van der Waals surface area contributed by atoms with Gasteiger partial charge in [0.15, 0.2) is 0 Å². The van der Waals surface area contributed by atoms with Gasteiger partial charge >= 0.3 is 0 Å². The van der Waals surface area contributed by atoms with E-state index in [1.54, 1.807) is 11.3 Å². The minimum absolute atomic E-state index is 0.651. The van der Waals surface area contributed by atoms with Gasteiger partial charge in [-0.05, 0) is 38.3 Å². The number of morpholine rings is 1. The van der Waals surface area contributed by atoms with E-state index in [1.165, 1.54) is 4.88 Å². The van der Waals surface area contributed by atoms with Gasteiger partial charge in [0.25, 0.3) is 0 Å². The third-order valence-corrected chi connectivity index (χ3v) is 5.59. The molecule has 1 saturated heterocycles. The number of hydrogen-bond acceptors (Lipinski definition) is 6.